The zero-order valence-corrected chi connectivity index (χ0v) is 24.7. The first-order chi connectivity index (χ1) is 19.1. The second kappa shape index (κ2) is 8.65. The number of aldehydes is 1. The standard InChI is InChI=1S/C33H38O8/c1-16(2)8-9-19-27-20(14-23(39-27)30(4,5)38)25(35)24-26(36)21-12-18-13-22-31(6,7)41-32(29(18)37,11-10-17(3)15-34)33(21,22)40-28(19)24/h8,10,12,15,18,22-23,35,38H,9,11,13-14H2,1-7H3/b17-10+/t18-,22+,23?,32+,33-/m1/s1. The number of rotatable bonds is 6. The van der Waals surface area contributed by atoms with Crippen LogP contribution < -0.4 is 9.47 Å². The van der Waals surface area contributed by atoms with E-state index in [0.29, 0.717) is 40.9 Å². The number of phenols is 1. The Balaban J connectivity index is 1.63. The van der Waals surface area contributed by atoms with Crippen LogP contribution in [0.2, 0.25) is 0 Å². The van der Waals surface area contributed by atoms with Crippen LogP contribution in [0.25, 0.3) is 0 Å². The van der Waals surface area contributed by atoms with E-state index in [4.69, 9.17) is 14.2 Å². The number of aliphatic hydroxyl groups is 1. The Labute approximate surface area is 240 Å². The van der Waals surface area contributed by atoms with Gasteiger partial charge in [-0.3, -0.25) is 14.4 Å². The molecule has 5 atom stereocenters. The lowest BCUT2D eigenvalue weighted by atomic mass is 9.51. The Morgan fingerprint density at radius 2 is 1.85 bits per heavy atom. The number of ketones is 2. The molecule has 1 spiro atoms. The summed E-state index contributed by atoms with van der Waals surface area (Å²) >= 11 is 0. The number of carbonyl (C=O) groups is 3. The minimum Gasteiger partial charge on any atom is -0.507 e. The Morgan fingerprint density at radius 3 is 2.49 bits per heavy atom. The maximum atomic E-state index is 14.5. The molecule has 8 nitrogen and oxygen atoms in total. The molecule has 6 aliphatic rings. The highest BCUT2D eigenvalue weighted by atomic mass is 16.6. The highest BCUT2D eigenvalue weighted by Crippen LogP contribution is 2.68. The predicted octanol–water partition coefficient (Wildman–Crippen LogP) is 4.52. The summed E-state index contributed by atoms with van der Waals surface area (Å²) in [7, 11) is 0. The van der Waals surface area contributed by atoms with Crippen molar-refractivity contribution < 1.29 is 38.8 Å². The fraction of sp³-hybridized carbons (Fsp3) is 0.545. The lowest BCUT2D eigenvalue weighted by Gasteiger charge is -2.56. The third-order valence-corrected chi connectivity index (χ3v) is 9.72. The van der Waals surface area contributed by atoms with Gasteiger partial charge in [0.15, 0.2) is 22.8 Å². The van der Waals surface area contributed by atoms with Gasteiger partial charge in [0.2, 0.25) is 0 Å². The number of phenolic OH excluding ortho intramolecular Hbond substituents is 1. The third kappa shape index (κ3) is 3.56. The number of benzene rings is 1. The van der Waals surface area contributed by atoms with E-state index in [1.165, 1.54) is 0 Å². The number of hydrogen-bond acceptors (Lipinski definition) is 8. The fourth-order valence-electron chi connectivity index (χ4n) is 7.69. The van der Waals surface area contributed by atoms with Gasteiger partial charge in [0.1, 0.15) is 35.2 Å². The van der Waals surface area contributed by atoms with Gasteiger partial charge >= 0.3 is 0 Å². The first-order valence-electron chi connectivity index (χ1n) is 14.3. The largest absolute Gasteiger partial charge is 0.507 e. The van der Waals surface area contributed by atoms with E-state index in [1.807, 2.05) is 33.8 Å². The highest BCUT2D eigenvalue weighted by Gasteiger charge is 2.81. The Kier molecular flexibility index (Phi) is 5.89. The lowest BCUT2D eigenvalue weighted by molar-refractivity contribution is -0.171. The van der Waals surface area contributed by atoms with Crippen LogP contribution in [-0.2, 0) is 27.2 Å². The molecule has 3 heterocycles. The van der Waals surface area contributed by atoms with E-state index in [1.54, 1.807) is 32.9 Å². The summed E-state index contributed by atoms with van der Waals surface area (Å²) < 4.78 is 20.0. The van der Waals surface area contributed by atoms with Crippen LogP contribution >= 0.6 is 0 Å². The molecule has 1 unspecified atom stereocenters. The zero-order valence-electron chi connectivity index (χ0n) is 24.7. The maximum absolute atomic E-state index is 14.5. The van der Waals surface area contributed by atoms with Crippen LogP contribution in [0.3, 0.4) is 0 Å². The molecule has 1 saturated heterocycles. The number of fused-ring (bicyclic) bond motifs is 2. The van der Waals surface area contributed by atoms with Crippen molar-refractivity contribution in [3.05, 3.63) is 51.6 Å². The molecule has 0 radical (unpaired) electrons. The molecule has 218 valence electrons. The maximum Gasteiger partial charge on any atom is 0.200 e. The summed E-state index contributed by atoms with van der Waals surface area (Å²) in [5, 5.41) is 22.4. The molecule has 0 amide bonds. The molecule has 2 fully saturated rings. The zero-order chi connectivity index (χ0) is 29.9. The number of hydrogen-bond donors (Lipinski definition) is 2. The third-order valence-electron chi connectivity index (χ3n) is 9.72. The topological polar surface area (TPSA) is 119 Å². The summed E-state index contributed by atoms with van der Waals surface area (Å²) in [5.74, 6) is -1.05. The van der Waals surface area contributed by atoms with Gasteiger partial charge < -0.3 is 24.4 Å². The van der Waals surface area contributed by atoms with Crippen molar-refractivity contribution in [1.82, 2.24) is 0 Å². The summed E-state index contributed by atoms with van der Waals surface area (Å²) in [6.45, 7) is 12.7. The first kappa shape index (κ1) is 27.9. The predicted molar refractivity (Wildman–Crippen MR) is 150 cm³/mol. The minimum absolute atomic E-state index is 0.0600. The van der Waals surface area contributed by atoms with Crippen molar-refractivity contribution in [1.29, 1.82) is 0 Å². The van der Waals surface area contributed by atoms with Gasteiger partial charge in [0.25, 0.3) is 0 Å². The summed E-state index contributed by atoms with van der Waals surface area (Å²) in [5.41, 5.74) is -2.03. The molecule has 4 bridgehead atoms. The monoisotopic (exact) mass is 562 g/mol. The van der Waals surface area contributed by atoms with E-state index in [-0.39, 0.29) is 47.4 Å². The molecule has 7 rings (SSSR count). The number of carbonyl (C=O) groups excluding carboxylic acids is 3. The molecule has 8 heteroatoms. The molecule has 2 N–H and O–H groups in total. The van der Waals surface area contributed by atoms with Gasteiger partial charge in [-0.25, -0.2) is 0 Å². The van der Waals surface area contributed by atoms with Crippen LogP contribution in [0.4, 0.5) is 0 Å². The molecule has 0 aromatic heterocycles. The summed E-state index contributed by atoms with van der Waals surface area (Å²) in [6, 6.07) is 0. The van der Waals surface area contributed by atoms with Gasteiger partial charge in [0, 0.05) is 41.4 Å². The molecule has 1 aromatic carbocycles. The lowest BCUT2D eigenvalue weighted by Crippen LogP contribution is -2.72. The smallest absolute Gasteiger partial charge is 0.200 e. The van der Waals surface area contributed by atoms with Crippen LogP contribution in [0.15, 0.2) is 34.9 Å². The average Bonchev–Trinajstić information content (AvgIpc) is 3.40. The van der Waals surface area contributed by atoms with Gasteiger partial charge in [-0.05, 0) is 66.9 Å². The Bertz CT molecular complexity index is 1500. The minimum atomic E-state index is -1.52. The number of allylic oxidation sites excluding steroid dienone is 4. The summed E-state index contributed by atoms with van der Waals surface area (Å²) in [6.07, 6.45) is 6.61. The van der Waals surface area contributed by atoms with Crippen LogP contribution in [0.5, 0.6) is 17.2 Å². The molecule has 3 aliphatic heterocycles. The van der Waals surface area contributed by atoms with E-state index in [2.05, 4.69) is 0 Å². The van der Waals surface area contributed by atoms with E-state index in [0.717, 1.165) is 11.9 Å². The molecule has 1 aromatic rings. The van der Waals surface area contributed by atoms with Crippen molar-refractivity contribution in [2.75, 3.05) is 0 Å². The quantitative estimate of drug-likeness (QED) is 0.295. The fourth-order valence-corrected chi connectivity index (χ4v) is 7.69. The second-order valence-corrected chi connectivity index (χ2v) is 13.6. The van der Waals surface area contributed by atoms with Crippen molar-refractivity contribution >= 4 is 17.9 Å². The van der Waals surface area contributed by atoms with Crippen molar-refractivity contribution in [2.45, 2.75) is 103 Å². The van der Waals surface area contributed by atoms with Crippen molar-refractivity contribution in [3.8, 4) is 17.2 Å². The molecular weight excluding hydrogens is 524 g/mol. The SMILES string of the molecule is CC(C)=CCc1c2c(c(O)c3c1O[C@]14C(=C[C@@H]5C[C@H]1C(C)(C)O[C@@]4(C/C=C(\C)C=O)C5=O)C3=O)CC(C(C)(C)O)O2. The number of Topliss-reactive ketones (excluding diaryl/α,β-unsaturated/α-hetero) is 2. The van der Waals surface area contributed by atoms with Gasteiger partial charge in [0.05, 0.1) is 11.2 Å². The average molecular weight is 563 g/mol. The first-order valence-corrected chi connectivity index (χ1v) is 14.3. The van der Waals surface area contributed by atoms with E-state index >= 15 is 0 Å². The number of aromatic hydroxyl groups is 1. The molecular formula is C33H38O8. The Morgan fingerprint density at radius 1 is 1.15 bits per heavy atom. The van der Waals surface area contributed by atoms with Crippen molar-refractivity contribution in [3.63, 3.8) is 0 Å². The van der Waals surface area contributed by atoms with Gasteiger partial charge in [-0.2, -0.15) is 0 Å². The van der Waals surface area contributed by atoms with Crippen LogP contribution in [0.1, 0.15) is 82.8 Å². The molecule has 41 heavy (non-hydrogen) atoms. The van der Waals surface area contributed by atoms with Crippen molar-refractivity contribution in [2.24, 2.45) is 11.8 Å². The van der Waals surface area contributed by atoms with Crippen LogP contribution in [-0.4, -0.2) is 56.6 Å². The van der Waals surface area contributed by atoms with Gasteiger partial charge in [-0.1, -0.05) is 23.8 Å². The highest BCUT2D eigenvalue weighted by molar-refractivity contribution is 6.18. The second-order valence-electron chi connectivity index (χ2n) is 13.6. The van der Waals surface area contributed by atoms with Crippen LogP contribution in [0, 0.1) is 11.8 Å². The molecule has 1 saturated carbocycles. The van der Waals surface area contributed by atoms with E-state index < -0.39 is 34.4 Å². The summed E-state index contributed by atoms with van der Waals surface area (Å²) in [4.78, 5) is 40.2. The normalized spacial score (nSPS) is 32.4. The Hall–Kier alpha value is -3.23. The van der Waals surface area contributed by atoms with E-state index in [9.17, 15) is 24.6 Å². The van der Waals surface area contributed by atoms with Gasteiger partial charge in [-0.15, -0.1) is 0 Å². The molecule has 3 aliphatic carbocycles. The number of ether oxygens (including phenoxy) is 3.